The van der Waals surface area contributed by atoms with Crippen LogP contribution in [0.5, 0.6) is 0 Å². The van der Waals surface area contributed by atoms with E-state index in [1.54, 1.807) is 0 Å². The highest BCUT2D eigenvalue weighted by atomic mass is 16.6. The maximum absolute atomic E-state index is 12.2. The van der Waals surface area contributed by atoms with E-state index in [0.29, 0.717) is 13.0 Å². The fraction of sp³-hybridized carbons (Fsp3) is 0.784. The average Bonchev–Trinajstić information content (AvgIpc) is 3.19. The van der Waals surface area contributed by atoms with Crippen molar-refractivity contribution in [3.8, 4) is 0 Å². The average molecular weight is 769 g/mol. The van der Waals surface area contributed by atoms with Gasteiger partial charge in [-0.1, -0.05) is 203 Å². The molecule has 0 aliphatic heterocycles. The Morgan fingerprint density at radius 2 is 0.764 bits per heavy atom. The van der Waals surface area contributed by atoms with Gasteiger partial charge in [0.2, 0.25) is 0 Å². The molecule has 1 atom stereocenters. The van der Waals surface area contributed by atoms with E-state index < -0.39 is 6.10 Å². The minimum atomic E-state index is -0.543. The third kappa shape index (κ3) is 46.4. The molecule has 0 rings (SSSR count). The standard InChI is InChI=1S/C51H92O4/c1-3-5-7-9-11-13-15-17-19-21-23-25-26-27-28-30-32-34-36-38-40-42-44-46-51(53)55-50(48-52)49-54-47-45-43-41-39-37-35-33-31-29-24-22-20-18-16-14-12-10-8-6-4-2/h12,14-15,17-18,20-21,23,26-27,50,52H,3-11,13,16,19,22,24-25,28-49H2,1-2H3/b14-12-,17-15-,20-18-,23-21-,27-26-. The lowest BCUT2D eigenvalue weighted by atomic mass is 10.1. The van der Waals surface area contributed by atoms with Gasteiger partial charge in [0, 0.05) is 13.0 Å². The third-order valence-corrected chi connectivity index (χ3v) is 10.3. The van der Waals surface area contributed by atoms with E-state index in [4.69, 9.17) is 9.47 Å². The first-order valence-corrected chi connectivity index (χ1v) is 23.9. The van der Waals surface area contributed by atoms with E-state index in [-0.39, 0.29) is 19.2 Å². The molecule has 0 saturated heterocycles. The number of carbonyl (C=O) groups is 1. The minimum absolute atomic E-state index is 0.177. The van der Waals surface area contributed by atoms with Crippen molar-refractivity contribution < 1.29 is 19.4 Å². The summed E-state index contributed by atoms with van der Waals surface area (Å²) in [6.45, 7) is 5.31. The first kappa shape index (κ1) is 53.1. The maximum Gasteiger partial charge on any atom is 0.306 e. The Morgan fingerprint density at radius 1 is 0.436 bits per heavy atom. The van der Waals surface area contributed by atoms with Gasteiger partial charge >= 0.3 is 5.97 Å². The highest BCUT2D eigenvalue weighted by Gasteiger charge is 2.13. The number of aliphatic hydroxyl groups is 1. The second-order valence-corrected chi connectivity index (χ2v) is 15.8. The predicted molar refractivity (Wildman–Crippen MR) is 242 cm³/mol. The quantitative estimate of drug-likeness (QED) is 0.0381. The molecular weight excluding hydrogens is 677 g/mol. The van der Waals surface area contributed by atoms with Crippen molar-refractivity contribution in [2.24, 2.45) is 0 Å². The largest absolute Gasteiger partial charge is 0.457 e. The van der Waals surface area contributed by atoms with Crippen LogP contribution >= 0.6 is 0 Å². The van der Waals surface area contributed by atoms with Crippen LogP contribution in [0.4, 0.5) is 0 Å². The summed E-state index contributed by atoms with van der Waals surface area (Å²) in [5.41, 5.74) is 0. The predicted octanol–water partition coefficient (Wildman–Crippen LogP) is 16.0. The zero-order chi connectivity index (χ0) is 39.8. The number of unbranched alkanes of at least 4 members (excludes halogenated alkanes) is 26. The lowest BCUT2D eigenvalue weighted by Gasteiger charge is -2.16. The molecule has 0 aromatic rings. The highest BCUT2D eigenvalue weighted by Crippen LogP contribution is 2.14. The van der Waals surface area contributed by atoms with Crippen LogP contribution in [0.15, 0.2) is 60.8 Å². The monoisotopic (exact) mass is 769 g/mol. The maximum atomic E-state index is 12.2. The van der Waals surface area contributed by atoms with Crippen molar-refractivity contribution in [3.05, 3.63) is 60.8 Å². The van der Waals surface area contributed by atoms with Gasteiger partial charge < -0.3 is 14.6 Å². The summed E-state index contributed by atoms with van der Waals surface area (Å²) in [5.74, 6) is -0.208. The molecule has 0 fully saturated rings. The zero-order valence-electron chi connectivity index (χ0n) is 36.7. The number of allylic oxidation sites excluding steroid dienone is 10. The van der Waals surface area contributed by atoms with Crippen molar-refractivity contribution in [2.75, 3.05) is 19.8 Å². The topological polar surface area (TPSA) is 55.8 Å². The fourth-order valence-corrected chi connectivity index (χ4v) is 6.72. The number of aliphatic hydroxyl groups excluding tert-OH is 1. The Bertz CT molecular complexity index is 900. The van der Waals surface area contributed by atoms with Gasteiger partial charge in [0.05, 0.1) is 13.2 Å². The summed E-state index contributed by atoms with van der Waals surface area (Å²) in [7, 11) is 0. The van der Waals surface area contributed by atoms with Crippen molar-refractivity contribution in [1.29, 1.82) is 0 Å². The Morgan fingerprint density at radius 3 is 1.18 bits per heavy atom. The molecule has 0 bridgehead atoms. The Labute approximate surface area is 343 Å². The summed E-state index contributed by atoms with van der Waals surface area (Å²) in [4.78, 5) is 12.2. The third-order valence-electron chi connectivity index (χ3n) is 10.3. The molecule has 0 heterocycles. The fourth-order valence-electron chi connectivity index (χ4n) is 6.72. The summed E-state index contributed by atoms with van der Waals surface area (Å²) in [6.07, 6.45) is 64.3. The minimum Gasteiger partial charge on any atom is -0.457 e. The molecule has 1 unspecified atom stereocenters. The van der Waals surface area contributed by atoms with E-state index in [1.165, 1.54) is 173 Å². The molecule has 0 aliphatic rings. The van der Waals surface area contributed by atoms with Gasteiger partial charge in [-0.2, -0.15) is 0 Å². The first-order valence-electron chi connectivity index (χ1n) is 23.9. The van der Waals surface area contributed by atoms with E-state index in [1.807, 2.05) is 0 Å². The molecule has 320 valence electrons. The second kappa shape index (κ2) is 48.2. The molecule has 55 heavy (non-hydrogen) atoms. The van der Waals surface area contributed by atoms with Crippen LogP contribution in [0, 0.1) is 0 Å². The van der Waals surface area contributed by atoms with Crippen molar-refractivity contribution >= 4 is 5.97 Å². The smallest absolute Gasteiger partial charge is 0.306 e. The Balaban J connectivity index is 3.45. The number of hydrogen-bond donors (Lipinski definition) is 1. The molecular formula is C51H92O4. The second-order valence-electron chi connectivity index (χ2n) is 15.8. The van der Waals surface area contributed by atoms with Crippen LogP contribution in [-0.2, 0) is 14.3 Å². The van der Waals surface area contributed by atoms with Crippen LogP contribution in [-0.4, -0.2) is 37.0 Å². The summed E-state index contributed by atoms with van der Waals surface area (Å²) in [5, 5.41) is 9.63. The molecule has 4 heteroatoms. The molecule has 1 N–H and O–H groups in total. The molecule has 0 radical (unpaired) electrons. The number of hydrogen-bond acceptors (Lipinski definition) is 4. The van der Waals surface area contributed by atoms with Gasteiger partial charge in [-0.15, -0.1) is 0 Å². The van der Waals surface area contributed by atoms with Crippen molar-refractivity contribution in [1.82, 2.24) is 0 Å². The Hall–Kier alpha value is -1.91. The van der Waals surface area contributed by atoms with Gasteiger partial charge in [-0.3, -0.25) is 4.79 Å². The van der Waals surface area contributed by atoms with Gasteiger partial charge in [0.25, 0.3) is 0 Å². The molecule has 0 amide bonds. The molecule has 0 aromatic carbocycles. The number of ether oxygens (including phenoxy) is 2. The summed E-state index contributed by atoms with van der Waals surface area (Å²) >= 11 is 0. The normalized spacial score (nSPS) is 12.9. The lowest BCUT2D eigenvalue weighted by molar-refractivity contribution is -0.154. The van der Waals surface area contributed by atoms with E-state index in [9.17, 15) is 9.90 Å². The van der Waals surface area contributed by atoms with Crippen molar-refractivity contribution in [2.45, 2.75) is 238 Å². The van der Waals surface area contributed by atoms with Crippen molar-refractivity contribution in [3.63, 3.8) is 0 Å². The first-order chi connectivity index (χ1) is 27.2. The zero-order valence-corrected chi connectivity index (χ0v) is 36.7. The van der Waals surface area contributed by atoms with Gasteiger partial charge in [-0.25, -0.2) is 0 Å². The number of carbonyl (C=O) groups excluding carboxylic acids is 1. The molecule has 0 aromatic heterocycles. The van der Waals surface area contributed by atoms with Crippen LogP contribution in [0.1, 0.15) is 232 Å². The summed E-state index contributed by atoms with van der Waals surface area (Å²) < 4.78 is 11.2. The molecule has 0 saturated carbocycles. The molecule has 0 spiro atoms. The lowest BCUT2D eigenvalue weighted by Crippen LogP contribution is -2.27. The number of esters is 1. The van der Waals surface area contributed by atoms with E-state index in [2.05, 4.69) is 74.6 Å². The molecule has 0 aliphatic carbocycles. The van der Waals surface area contributed by atoms with Crippen LogP contribution in [0.25, 0.3) is 0 Å². The highest BCUT2D eigenvalue weighted by molar-refractivity contribution is 5.69. The van der Waals surface area contributed by atoms with E-state index in [0.717, 1.165) is 38.5 Å². The SMILES string of the molecule is CCCCC/C=C\C/C=C\CCCCCCCCCCCCOCC(CO)OC(=O)CCCCCCCCCC/C=C\C/C=C\C/C=C\CCCCCCC. The van der Waals surface area contributed by atoms with Gasteiger partial charge in [0.15, 0.2) is 0 Å². The number of rotatable bonds is 44. The van der Waals surface area contributed by atoms with E-state index >= 15 is 0 Å². The van der Waals surface area contributed by atoms with Crippen LogP contribution < -0.4 is 0 Å². The van der Waals surface area contributed by atoms with Gasteiger partial charge in [-0.05, 0) is 83.5 Å². The van der Waals surface area contributed by atoms with Crippen LogP contribution in [0.2, 0.25) is 0 Å². The summed E-state index contributed by atoms with van der Waals surface area (Å²) in [6, 6.07) is 0. The molecule has 4 nitrogen and oxygen atoms in total. The van der Waals surface area contributed by atoms with Crippen LogP contribution in [0.3, 0.4) is 0 Å². The van der Waals surface area contributed by atoms with Gasteiger partial charge in [0.1, 0.15) is 6.10 Å². The Kier molecular flexibility index (Phi) is 46.6.